The van der Waals surface area contributed by atoms with E-state index in [9.17, 15) is 0 Å². The number of likely N-dealkylation sites (tertiary alicyclic amines) is 1. The maximum Gasteiger partial charge on any atom is 0.466 e. The van der Waals surface area contributed by atoms with E-state index in [1.165, 1.54) is 5.56 Å². The molecule has 2 aromatic carbocycles. The molecule has 3 N–H and O–H groups in total. The van der Waals surface area contributed by atoms with E-state index in [-0.39, 0.29) is 0 Å². The van der Waals surface area contributed by atoms with Gasteiger partial charge in [0.15, 0.2) is 11.5 Å². The standard InChI is InChI=1S/C22H28N2O3.H3O4P/c1-24-15-18(16-27-19-7-5-4-6-8-19)14-22(24)23-12-11-17-9-10-20(25-2)21(13-17)26-3;1-5(2,3)4/h4-10,13,18H,11-12,14-16H2,1-3H3;(H3,1,2,3,4). The zero-order chi connectivity index (χ0) is 23.6. The Bertz CT molecular complexity index is 909. The Hall–Kier alpha value is -2.58. The van der Waals surface area contributed by atoms with E-state index in [1.807, 2.05) is 42.5 Å². The highest BCUT2D eigenvalue weighted by atomic mass is 31.2. The van der Waals surface area contributed by atoms with Crippen molar-refractivity contribution in [2.75, 3.05) is 41.0 Å². The Morgan fingerprint density at radius 3 is 2.34 bits per heavy atom. The molecule has 1 saturated heterocycles. The monoisotopic (exact) mass is 466 g/mol. The first-order valence-electron chi connectivity index (χ1n) is 10.1. The molecule has 2 aromatic rings. The van der Waals surface area contributed by atoms with Crippen LogP contribution in [0.3, 0.4) is 0 Å². The minimum absolute atomic E-state index is 0.482. The maximum atomic E-state index is 8.88. The van der Waals surface area contributed by atoms with Crippen molar-refractivity contribution in [3.05, 3.63) is 54.1 Å². The SMILES string of the molecule is COc1ccc(CCN=C2CC(COc3ccccc3)CN2C)cc1OC.O=P(O)(O)O. The number of hydrogen-bond donors (Lipinski definition) is 3. The minimum atomic E-state index is -4.64. The van der Waals surface area contributed by atoms with Crippen LogP contribution in [0.5, 0.6) is 17.2 Å². The molecule has 0 aromatic heterocycles. The molecule has 1 unspecified atom stereocenters. The van der Waals surface area contributed by atoms with Gasteiger partial charge in [-0.1, -0.05) is 24.3 Å². The summed E-state index contributed by atoms with van der Waals surface area (Å²) in [6.07, 6.45) is 1.85. The number of phosphoric acid groups is 1. The van der Waals surface area contributed by atoms with Crippen molar-refractivity contribution in [3.63, 3.8) is 0 Å². The minimum Gasteiger partial charge on any atom is -0.493 e. The fourth-order valence-electron chi connectivity index (χ4n) is 3.35. The van der Waals surface area contributed by atoms with E-state index in [4.69, 9.17) is 38.4 Å². The molecule has 0 saturated carbocycles. The van der Waals surface area contributed by atoms with Crippen LogP contribution in [0.1, 0.15) is 12.0 Å². The smallest absolute Gasteiger partial charge is 0.466 e. The Kier molecular flexibility index (Phi) is 9.99. The molecule has 1 heterocycles. The van der Waals surface area contributed by atoms with Gasteiger partial charge in [0.05, 0.1) is 26.7 Å². The Balaban J connectivity index is 0.000000654. The molecule has 0 spiro atoms. The van der Waals surface area contributed by atoms with Gasteiger partial charge in [0.25, 0.3) is 0 Å². The Labute approximate surface area is 188 Å². The predicted octanol–water partition coefficient (Wildman–Crippen LogP) is 2.75. The van der Waals surface area contributed by atoms with Crippen LogP contribution in [0.4, 0.5) is 0 Å². The lowest BCUT2D eigenvalue weighted by Crippen LogP contribution is -2.21. The summed E-state index contributed by atoms with van der Waals surface area (Å²) in [5, 5.41) is 0. The lowest BCUT2D eigenvalue weighted by molar-refractivity contribution is 0.249. The Morgan fingerprint density at radius 1 is 1.06 bits per heavy atom. The first kappa shape index (κ1) is 25.7. The third kappa shape index (κ3) is 9.28. The third-order valence-corrected chi connectivity index (χ3v) is 4.82. The van der Waals surface area contributed by atoms with Crippen LogP contribution in [0.15, 0.2) is 53.5 Å². The molecule has 0 radical (unpaired) electrons. The molecular weight excluding hydrogens is 435 g/mol. The molecule has 1 aliphatic heterocycles. The first-order chi connectivity index (χ1) is 15.2. The van der Waals surface area contributed by atoms with Crippen LogP contribution in [0, 0.1) is 5.92 Å². The molecular formula is C22H31N2O7P. The molecule has 3 rings (SSSR count). The summed E-state index contributed by atoms with van der Waals surface area (Å²) in [7, 11) is 0.780. The van der Waals surface area contributed by atoms with E-state index in [0.717, 1.165) is 55.6 Å². The fourth-order valence-corrected chi connectivity index (χ4v) is 3.35. The highest BCUT2D eigenvalue weighted by Gasteiger charge is 2.25. The fraction of sp³-hybridized carbons (Fsp3) is 0.409. The summed E-state index contributed by atoms with van der Waals surface area (Å²) in [5.74, 6) is 4.09. The van der Waals surface area contributed by atoms with E-state index >= 15 is 0 Å². The van der Waals surface area contributed by atoms with Crippen molar-refractivity contribution in [2.24, 2.45) is 10.9 Å². The van der Waals surface area contributed by atoms with Crippen LogP contribution < -0.4 is 14.2 Å². The molecule has 10 heteroatoms. The van der Waals surface area contributed by atoms with E-state index in [0.29, 0.717) is 5.92 Å². The second-order valence-electron chi connectivity index (χ2n) is 7.33. The summed E-state index contributed by atoms with van der Waals surface area (Å²) < 4.78 is 25.4. The van der Waals surface area contributed by atoms with Crippen molar-refractivity contribution in [1.29, 1.82) is 0 Å². The molecule has 0 aliphatic carbocycles. The molecule has 0 bridgehead atoms. The number of nitrogens with zero attached hydrogens (tertiary/aromatic N) is 2. The van der Waals surface area contributed by atoms with Crippen molar-refractivity contribution in [1.82, 2.24) is 4.90 Å². The molecule has 32 heavy (non-hydrogen) atoms. The lowest BCUT2D eigenvalue weighted by Gasteiger charge is -2.13. The van der Waals surface area contributed by atoms with Gasteiger partial charge in [0, 0.05) is 32.5 Å². The van der Waals surface area contributed by atoms with Gasteiger partial charge >= 0.3 is 7.82 Å². The van der Waals surface area contributed by atoms with Crippen LogP contribution in [-0.2, 0) is 11.0 Å². The average Bonchev–Trinajstić information content (AvgIpc) is 3.11. The number of benzene rings is 2. The average molecular weight is 466 g/mol. The van der Waals surface area contributed by atoms with Gasteiger partial charge in [-0.25, -0.2) is 4.57 Å². The quantitative estimate of drug-likeness (QED) is 0.508. The van der Waals surface area contributed by atoms with Crippen LogP contribution >= 0.6 is 7.82 Å². The maximum absolute atomic E-state index is 8.88. The number of methoxy groups -OCH3 is 2. The summed E-state index contributed by atoms with van der Waals surface area (Å²) in [6, 6.07) is 16.0. The zero-order valence-electron chi connectivity index (χ0n) is 18.5. The van der Waals surface area contributed by atoms with Crippen LogP contribution in [0.25, 0.3) is 0 Å². The molecule has 176 valence electrons. The molecule has 9 nitrogen and oxygen atoms in total. The van der Waals surface area contributed by atoms with Gasteiger partial charge in [-0.15, -0.1) is 0 Å². The second kappa shape index (κ2) is 12.5. The molecule has 0 amide bonds. The topological polar surface area (TPSA) is 121 Å². The molecule has 1 aliphatic rings. The van der Waals surface area contributed by atoms with Gasteiger partial charge in [-0.05, 0) is 36.2 Å². The van der Waals surface area contributed by atoms with Gasteiger partial charge < -0.3 is 33.8 Å². The highest BCUT2D eigenvalue weighted by Crippen LogP contribution is 2.28. The van der Waals surface area contributed by atoms with Gasteiger partial charge in [0.2, 0.25) is 0 Å². The summed E-state index contributed by atoms with van der Waals surface area (Å²) in [4.78, 5) is 28.6. The number of rotatable bonds is 8. The van der Waals surface area contributed by atoms with E-state index < -0.39 is 7.82 Å². The van der Waals surface area contributed by atoms with Crippen molar-refractivity contribution >= 4 is 13.7 Å². The van der Waals surface area contributed by atoms with E-state index in [2.05, 4.69) is 18.0 Å². The Morgan fingerprint density at radius 2 is 1.72 bits per heavy atom. The largest absolute Gasteiger partial charge is 0.493 e. The number of aliphatic imine (C=N–C) groups is 1. The van der Waals surface area contributed by atoms with Crippen LogP contribution in [0.2, 0.25) is 0 Å². The highest BCUT2D eigenvalue weighted by molar-refractivity contribution is 7.45. The van der Waals surface area contributed by atoms with Crippen molar-refractivity contribution in [2.45, 2.75) is 12.8 Å². The normalized spacial score (nSPS) is 17.0. The van der Waals surface area contributed by atoms with Gasteiger partial charge in [0.1, 0.15) is 5.75 Å². The van der Waals surface area contributed by atoms with Crippen molar-refractivity contribution < 1.29 is 33.5 Å². The summed E-state index contributed by atoms with van der Waals surface area (Å²) in [6.45, 7) is 2.48. The number of amidine groups is 1. The zero-order valence-corrected chi connectivity index (χ0v) is 19.4. The van der Waals surface area contributed by atoms with Crippen molar-refractivity contribution in [3.8, 4) is 17.2 Å². The molecule has 1 fully saturated rings. The van der Waals surface area contributed by atoms with Crippen LogP contribution in [-0.4, -0.2) is 66.4 Å². The number of hydrogen-bond acceptors (Lipinski definition) is 5. The van der Waals surface area contributed by atoms with E-state index in [1.54, 1.807) is 14.2 Å². The number of ether oxygens (including phenoxy) is 3. The third-order valence-electron chi connectivity index (χ3n) is 4.82. The summed E-state index contributed by atoms with van der Waals surface area (Å²) >= 11 is 0. The second-order valence-corrected chi connectivity index (χ2v) is 8.35. The lowest BCUT2D eigenvalue weighted by atomic mass is 10.1. The number of para-hydroxylation sites is 1. The first-order valence-corrected chi connectivity index (χ1v) is 11.7. The summed E-state index contributed by atoms with van der Waals surface area (Å²) in [5.41, 5.74) is 1.20. The van der Waals surface area contributed by atoms with Gasteiger partial charge in [-0.2, -0.15) is 0 Å². The predicted molar refractivity (Wildman–Crippen MR) is 122 cm³/mol. The molecule has 1 atom stereocenters. The van der Waals surface area contributed by atoms with Gasteiger partial charge in [-0.3, -0.25) is 4.99 Å².